The molecule has 0 fully saturated rings. The summed E-state index contributed by atoms with van der Waals surface area (Å²) in [7, 11) is 0. The number of hydrogen-bond acceptors (Lipinski definition) is 5. The van der Waals surface area contributed by atoms with Crippen LogP contribution in [-0.4, -0.2) is 14.9 Å². The second kappa shape index (κ2) is 5.00. The lowest BCUT2D eigenvalue weighted by molar-refractivity contribution is 0.407. The number of furan rings is 1. The van der Waals surface area contributed by atoms with Gasteiger partial charge in [0.05, 0.1) is 24.5 Å². The van der Waals surface area contributed by atoms with Crippen LogP contribution in [0.4, 0.5) is 0 Å². The van der Waals surface area contributed by atoms with Gasteiger partial charge in [0.2, 0.25) is 11.2 Å². The molecular formula is C16H11N3O3. The van der Waals surface area contributed by atoms with Gasteiger partial charge in [0.15, 0.2) is 5.76 Å². The van der Waals surface area contributed by atoms with Gasteiger partial charge in [-0.15, -0.1) is 0 Å². The molecule has 0 aliphatic carbocycles. The summed E-state index contributed by atoms with van der Waals surface area (Å²) in [6.45, 7) is 0.408. The quantitative estimate of drug-likeness (QED) is 0.580. The van der Waals surface area contributed by atoms with Crippen LogP contribution in [0.15, 0.2) is 68.7 Å². The molecule has 22 heavy (non-hydrogen) atoms. The van der Waals surface area contributed by atoms with Crippen molar-refractivity contribution in [1.82, 2.24) is 14.9 Å². The van der Waals surface area contributed by atoms with E-state index in [9.17, 15) is 4.79 Å². The van der Waals surface area contributed by atoms with Gasteiger partial charge < -0.3 is 8.94 Å². The van der Waals surface area contributed by atoms with E-state index in [1.165, 1.54) is 6.20 Å². The van der Waals surface area contributed by atoms with Gasteiger partial charge >= 0.3 is 0 Å². The molecule has 0 saturated carbocycles. The van der Waals surface area contributed by atoms with Crippen LogP contribution in [0.5, 0.6) is 0 Å². The molecule has 0 N–H and O–H groups in total. The first-order valence-corrected chi connectivity index (χ1v) is 6.75. The van der Waals surface area contributed by atoms with Gasteiger partial charge in [0.25, 0.3) is 0 Å². The Kier molecular flexibility index (Phi) is 2.86. The van der Waals surface area contributed by atoms with Crippen LogP contribution in [0.3, 0.4) is 0 Å². The van der Waals surface area contributed by atoms with E-state index in [2.05, 4.69) is 10.3 Å². The standard InChI is InChI=1S/C16H11N3O3/c20-14-9-17-19(13-5-2-1-4-12(13)14)10-11-8-16(22-18-11)15-6-3-7-21-15/h1-9H,10H2. The zero-order valence-corrected chi connectivity index (χ0v) is 11.5. The molecule has 4 rings (SSSR count). The maximum Gasteiger partial charge on any atom is 0.207 e. The van der Waals surface area contributed by atoms with Crippen molar-refractivity contribution in [2.24, 2.45) is 0 Å². The van der Waals surface area contributed by atoms with Crippen LogP contribution in [0.1, 0.15) is 5.69 Å². The van der Waals surface area contributed by atoms with Gasteiger partial charge in [-0.2, -0.15) is 5.10 Å². The van der Waals surface area contributed by atoms with Crippen molar-refractivity contribution in [3.8, 4) is 11.5 Å². The number of aromatic nitrogens is 3. The molecule has 0 aliphatic rings. The predicted molar refractivity (Wildman–Crippen MR) is 79.3 cm³/mol. The molecule has 6 nitrogen and oxygen atoms in total. The zero-order chi connectivity index (χ0) is 14.9. The first-order valence-electron chi connectivity index (χ1n) is 6.75. The number of para-hydroxylation sites is 1. The van der Waals surface area contributed by atoms with E-state index in [0.717, 1.165) is 5.52 Å². The summed E-state index contributed by atoms with van der Waals surface area (Å²) in [6, 6.07) is 12.7. The van der Waals surface area contributed by atoms with Gasteiger partial charge in [-0.1, -0.05) is 17.3 Å². The molecule has 0 radical (unpaired) electrons. The molecule has 1 aromatic carbocycles. The first kappa shape index (κ1) is 12.6. The Morgan fingerprint density at radius 2 is 2.00 bits per heavy atom. The summed E-state index contributed by atoms with van der Waals surface area (Å²) in [5.41, 5.74) is 1.37. The van der Waals surface area contributed by atoms with E-state index >= 15 is 0 Å². The normalized spacial score (nSPS) is 11.1. The fourth-order valence-electron chi connectivity index (χ4n) is 2.36. The summed E-state index contributed by atoms with van der Waals surface area (Å²) in [5, 5.41) is 8.83. The molecule has 0 aliphatic heterocycles. The van der Waals surface area contributed by atoms with Crippen molar-refractivity contribution in [2.75, 3.05) is 0 Å². The van der Waals surface area contributed by atoms with Gasteiger partial charge in [0.1, 0.15) is 5.69 Å². The summed E-state index contributed by atoms with van der Waals surface area (Å²) >= 11 is 0. The second-order valence-corrected chi connectivity index (χ2v) is 4.84. The third-order valence-electron chi connectivity index (χ3n) is 3.40. The van der Waals surface area contributed by atoms with Crippen LogP contribution in [0, 0.1) is 0 Å². The van der Waals surface area contributed by atoms with Gasteiger partial charge in [-0.25, -0.2) is 0 Å². The number of rotatable bonds is 3. The van der Waals surface area contributed by atoms with E-state index in [4.69, 9.17) is 8.94 Å². The Hall–Kier alpha value is -3.15. The van der Waals surface area contributed by atoms with Crippen LogP contribution >= 0.6 is 0 Å². The Balaban J connectivity index is 1.73. The Morgan fingerprint density at radius 1 is 1.09 bits per heavy atom. The first-order chi connectivity index (χ1) is 10.8. The molecule has 0 saturated heterocycles. The average molecular weight is 293 g/mol. The predicted octanol–water partition coefficient (Wildman–Crippen LogP) is 2.69. The van der Waals surface area contributed by atoms with Crippen molar-refractivity contribution < 1.29 is 8.94 Å². The van der Waals surface area contributed by atoms with Crippen molar-refractivity contribution in [3.63, 3.8) is 0 Å². The summed E-state index contributed by atoms with van der Waals surface area (Å²) in [5.74, 6) is 1.18. The third-order valence-corrected chi connectivity index (χ3v) is 3.40. The number of benzene rings is 1. The number of hydrogen-bond donors (Lipinski definition) is 0. The SMILES string of the molecule is O=c1cnn(Cc2cc(-c3ccco3)on2)c2ccccc12. The Labute approximate surface area is 124 Å². The Bertz CT molecular complexity index is 983. The lowest BCUT2D eigenvalue weighted by Gasteiger charge is -2.06. The smallest absolute Gasteiger partial charge is 0.207 e. The third kappa shape index (κ3) is 2.10. The second-order valence-electron chi connectivity index (χ2n) is 4.84. The minimum atomic E-state index is -0.0942. The van der Waals surface area contributed by atoms with Crippen LogP contribution < -0.4 is 5.43 Å². The summed E-state index contributed by atoms with van der Waals surface area (Å²) in [4.78, 5) is 11.8. The van der Waals surface area contributed by atoms with Crippen molar-refractivity contribution >= 4 is 10.9 Å². The van der Waals surface area contributed by atoms with E-state index in [1.54, 1.807) is 35.2 Å². The highest BCUT2D eigenvalue weighted by Gasteiger charge is 2.11. The van der Waals surface area contributed by atoms with Crippen LogP contribution in [-0.2, 0) is 6.54 Å². The summed E-state index contributed by atoms with van der Waals surface area (Å²) < 4.78 is 12.3. The largest absolute Gasteiger partial charge is 0.461 e. The van der Waals surface area contributed by atoms with E-state index in [0.29, 0.717) is 29.1 Å². The highest BCUT2D eigenvalue weighted by molar-refractivity contribution is 5.77. The Morgan fingerprint density at radius 3 is 2.86 bits per heavy atom. The molecule has 0 unspecified atom stereocenters. The lowest BCUT2D eigenvalue weighted by atomic mass is 10.2. The summed E-state index contributed by atoms with van der Waals surface area (Å²) in [6.07, 6.45) is 2.89. The molecule has 0 atom stereocenters. The fraction of sp³-hybridized carbons (Fsp3) is 0.0625. The highest BCUT2D eigenvalue weighted by Crippen LogP contribution is 2.21. The minimum Gasteiger partial charge on any atom is -0.461 e. The topological polar surface area (TPSA) is 74.1 Å². The molecular weight excluding hydrogens is 282 g/mol. The average Bonchev–Trinajstić information content (AvgIpc) is 3.21. The monoisotopic (exact) mass is 293 g/mol. The van der Waals surface area contributed by atoms with E-state index < -0.39 is 0 Å². The van der Waals surface area contributed by atoms with Gasteiger partial charge in [0, 0.05) is 11.5 Å². The van der Waals surface area contributed by atoms with Crippen LogP contribution in [0.25, 0.3) is 22.4 Å². The zero-order valence-electron chi connectivity index (χ0n) is 11.5. The lowest BCUT2D eigenvalue weighted by Crippen LogP contribution is -2.12. The molecule has 0 spiro atoms. The molecule has 4 aromatic rings. The molecule has 3 heterocycles. The number of nitrogens with zero attached hydrogens (tertiary/aromatic N) is 3. The maximum absolute atomic E-state index is 11.8. The van der Waals surface area contributed by atoms with Gasteiger partial charge in [-0.3, -0.25) is 9.48 Å². The van der Waals surface area contributed by atoms with Crippen molar-refractivity contribution in [3.05, 3.63) is 70.8 Å². The van der Waals surface area contributed by atoms with Gasteiger partial charge in [-0.05, 0) is 24.3 Å². The molecule has 3 aromatic heterocycles. The highest BCUT2D eigenvalue weighted by atomic mass is 16.5. The minimum absolute atomic E-state index is 0.0942. The van der Waals surface area contributed by atoms with Crippen molar-refractivity contribution in [2.45, 2.75) is 6.54 Å². The van der Waals surface area contributed by atoms with Crippen LogP contribution in [0.2, 0.25) is 0 Å². The fourth-order valence-corrected chi connectivity index (χ4v) is 2.36. The molecule has 6 heteroatoms. The van der Waals surface area contributed by atoms with E-state index in [1.807, 2.05) is 18.2 Å². The molecule has 0 bridgehead atoms. The molecule has 108 valence electrons. The molecule has 0 amide bonds. The van der Waals surface area contributed by atoms with E-state index in [-0.39, 0.29) is 5.43 Å². The maximum atomic E-state index is 11.8. The van der Waals surface area contributed by atoms with Crippen molar-refractivity contribution in [1.29, 1.82) is 0 Å². The number of fused-ring (bicyclic) bond motifs is 1.